The Morgan fingerprint density at radius 3 is 1.09 bits per heavy atom. The van der Waals surface area contributed by atoms with E-state index in [0.29, 0.717) is 11.8 Å². The maximum atomic E-state index is 2.97. The molecule has 0 aliphatic carbocycles. The first kappa shape index (κ1) is 37.7. The van der Waals surface area contributed by atoms with Crippen molar-refractivity contribution in [3.05, 3.63) is 96.8 Å². The zero-order valence-corrected chi connectivity index (χ0v) is 26.8. The summed E-state index contributed by atoms with van der Waals surface area (Å²) in [5.74, 6) is 1.25. The third-order valence-corrected chi connectivity index (χ3v) is 6.02. The van der Waals surface area contributed by atoms with E-state index in [9.17, 15) is 0 Å². The Bertz CT molecular complexity index is 968. The van der Waals surface area contributed by atoms with Crippen molar-refractivity contribution in [2.24, 2.45) is 0 Å². The molecule has 0 aromatic heterocycles. The van der Waals surface area contributed by atoms with Gasteiger partial charge in [-0.3, -0.25) is 0 Å². The molecule has 34 heavy (non-hydrogen) atoms. The Kier molecular flexibility index (Phi) is 18.6. The molecule has 0 atom stereocenters. The molecule has 4 aromatic rings. The first-order valence-corrected chi connectivity index (χ1v) is 13.6. The van der Waals surface area contributed by atoms with Crippen LogP contribution in [0.2, 0.25) is 0 Å². The van der Waals surface area contributed by atoms with E-state index in [2.05, 4.69) is 112 Å². The zero-order valence-electron chi connectivity index (χ0n) is 22.6. The first-order valence-electron chi connectivity index (χ1n) is 10.8. The molecule has 0 saturated heterocycles. The molecule has 0 spiro atoms. The first-order chi connectivity index (χ1) is 14.2. The molecule has 0 nitrogen and oxygen atoms in total. The van der Waals surface area contributed by atoms with Crippen LogP contribution in [0.1, 0.15) is 72.9 Å². The summed E-state index contributed by atoms with van der Waals surface area (Å²) in [7, 11) is 2.97. The predicted molar refractivity (Wildman–Crippen MR) is 159 cm³/mol. The van der Waals surface area contributed by atoms with Crippen LogP contribution in [-0.4, -0.2) is 7.63 Å². The topological polar surface area (TPSA) is 0 Å². The molecule has 0 aliphatic heterocycles. The Labute approximate surface area is 235 Å². The summed E-state index contributed by atoms with van der Waals surface area (Å²) >= 11 is 1.81. The molecule has 0 heterocycles. The molecule has 188 valence electrons. The van der Waals surface area contributed by atoms with Gasteiger partial charge in [-0.2, -0.15) is 12.1 Å². The van der Waals surface area contributed by atoms with Crippen LogP contribution in [0.5, 0.6) is 0 Å². The van der Waals surface area contributed by atoms with E-state index in [-0.39, 0.29) is 39.7 Å². The van der Waals surface area contributed by atoms with Gasteiger partial charge in [0.25, 0.3) is 0 Å². The van der Waals surface area contributed by atoms with E-state index in [4.69, 9.17) is 0 Å². The molecule has 0 N–H and O–H groups in total. The second-order valence-electron chi connectivity index (χ2n) is 8.94. The fourth-order valence-corrected chi connectivity index (χ4v) is 3.89. The monoisotopic (exact) mass is 548 g/mol. The van der Waals surface area contributed by atoms with Gasteiger partial charge in [0.05, 0.1) is 0 Å². The number of fused-ring (bicyclic) bond motifs is 2. The van der Waals surface area contributed by atoms with E-state index in [1.165, 1.54) is 54.9 Å². The van der Waals surface area contributed by atoms with Crippen molar-refractivity contribution in [1.29, 1.82) is 0 Å². The van der Waals surface area contributed by atoms with Crippen LogP contribution in [0.25, 0.3) is 21.5 Å². The molecule has 2 radical (unpaired) electrons. The molecule has 4 heteroatoms. The Morgan fingerprint density at radius 1 is 0.588 bits per heavy atom. The normalized spacial score (nSPS) is 9.56. The standard InChI is InChI=1S/2C14H17.2CH3.2ClH.Si.Ti/c2*1-9(2)12-7-13-10(3)5-6-11(4)14(13)8-12;;;;;;/h2*5-9H,1-4H3;2*1H3;2*1H;;/q4*-1;;;;. The number of benzene rings is 2. The third-order valence-electron chi connectivity index (χ3n) is 6.02. The third kappa shape index (κ3) is 8.68. The zero-order chi connectivity index (χ0) is 22.6. The van der Waals surface area contributed by atoms with Crippen molar-refractivity contribution in [2.75, 3.05) is 0 Å². The van der Waals surface area contributed by atoms with Crippen molar-refractivity contribution < 1.29 is 19.2 Å². The van der Waals surface area contributed by atoms with Crippen LogP contribution in [0.15, 0.2) is 48.5 Å². The van der Waals surface area contributed by atoms with Crippen molar-refractivity contribution in [3.8, 4) is 0 Å². The van der Waals surface area contributed by atoms with Crippen molar-refractivity contribution in [2.45, 2.75) is 67.2 Å². The van der Waals surface area contributed by atoms with Crippen LogP contribution in [-0.2, 0) is 19.2 Å². The van der Waals surface area contributed by atoms with E-state index in [1.807, 2.05) is 0 Å². The van der Waals surface area contributed by atoms with Gasteiger partial charge in [-0.25, -0.2) is 0 Å². The van der Waals surface area contributed by atoms with Gasteiger partial charge in [-0.15, -0.1) is 92.9 Å². The van der Waals surface area contributed by atoms with E-state index in [0.717, 1.165) is 0 Å². The molecule has 4 rings (SSSR count). The average Bonchev–Trinajstić information content (AvgIpc) is 3.36. The van der Waals surface area contributed by atoms with Crippen LogP contribution in [0.3, 0.4) is 0 Å². The van der Waals surface area contributed by atoms with Crippen LogP contribution >= 0.6 is 24.8 Å². The summed E-state index contributed by atoms with van der Waals surface area (Å²) in [5.41, 5.74) is 8.46. The fraction of sp³-hybridized carbons (Fsp3) is 0.333. The minimum atomic E-state index is 0. The average molecular weight is 550 g/mol. The fourth-order valence-electron chi connectivity index (χ4n) is 3.89. The van der Waals surface area contributed by atoms with Gasteiger partial charge in [0.2, 0.25) is 0 Å². The molecule has 0 fully saturated rings. The summed E-state index contributed by atoms with van der Waals surface area (Å²) in [5, 5.41) is 5.70. The van der Waals surface area contributed by atoms with Gasteiger partial charge >= 0.3 is 26.8 Å². The van der Waals surface area contributed by atoms with E-state index in [1.54, 1.807) is 19.2 Å². The van der Waals surface area contributed by atoms with Crippen molar-refractivity contribution in [3.63, 3.8) is 0 Å². The van der Waals surface area contributed by atoms with Gasteiger partial charge in [0.15, 0.2) is 0 Å². The summed E-state index contributed by atoms with van der Waals surface area (Å²) in [6.07, 6.45) is 0. The SMILES string of the molecule is Cc1ccc(C)c2[cH-]c(C(C)C)cc12.Cc1ccc(C)c2[cH-]c(C(C)C)cc12.Cl.Cl.[CH3-].[CH3-].[Si]=[Ti]. The van der Waals surface area contributed by atoms with Crippen LogP contribution in [0.4, 0.5) is 0 Å². The second-order valence-corrected chi connectivity index (χ2v) is 8.94. The molecule has 0 saturated carbocycles. The summed E-state index contributed by atoms with van der Waals surface area (Å²) in [4.78, 5) is 0. The number of rotatable bonds is 2. The molecule has 0 aliphatic rings. The number of aryl methyl sites for hydroxylation is 4. The quantitative estimate of drug-likeness (QED) is 0.172. The summed E-state index contributed by atoms with van der Waals surface area (Å²) < 4.78 is 0. The maximum absolute atomic E-state index is 2.97. The molecular weight excluding hydrogens is 507 g/mol. The predicted octanol–water partition coefficient (Wildman–Crippen LogP) is 9.96. The Balaban J connectivity index is -0.000000475. The van der Waals surface area contributed by atoms with Gasteiger partial charge in [-0.1, -0.05) is 64.8 Å². The number of hydrogen-bond acceptors (Lipinski definition) is 0. The van der Waals surface area contributed by atoms with Crippen molar-refractivity contribution >= 4 is 54.0 Å². The number of hydrogen-bond donors (Lipinski definition) is 0. The molecule has 0 bridgehead atoms. The minimum absolute atomic E-state index is 0. The van der Waals surface area contributed by atoms with Crippen molar-refractivity contribution in [1.82, 2.24) is 0 Å². The Morgan fingerprint density at radius 2 is 0.853 bits per heavy atom. The second kappa shape index (κ2) is 16.8. The van der Waals surface area contributed by atoms with E-state index >= 15 is 0 Å². The number of halogens is 2. The van der Waals surface area contributed by atoms with Gasteiger partial charge < -0.3 is 14.9 Å². The van der Waals surface area contributed by atoms with Gasteiger partial charge in [0.1, 0.15) is 0 Å². The summed E-state index contributed by atoms with van der Waals surface area (Å²) in [6, 6.07) is 18.2. The Hall–Kier alpha value is -0.829. The van der Waals surface area contributed by atoms with Crippen LogP contribution < -0.4 is 0 Å². The van der Waals surface area contributed by atoms with Gasteiger partial charge in [-0.05, 0) is 25.7 Å². The molecular formula is C30H42Cl2SiTi-4. The molecule has 0 amide bonds. The molecule has 0 unspecified atom stereocenters. The van der Waals surface area contributed by atoms with Crippen LogP contribution in [0, 0.1) is 42.5 Å². The van der Waals surface area contributed by atoms with Gasteiger partial charge in [0, 0.05) is 0 Å². The molecule has 4 aromatic carbocycles. The summed E-state index contributed by atoms with van der Waals surface area (Å²) in [6.45, 7) is 17.7. The van der Waals surface area contributed by atoms with E-state index < -0.39 is 0 Å².